The number of hydrogen-bond acceptors (Lipinski definition) is 3. The van der Waals surface area contributed by atoms with E-state index in [1.165, 1.54) is 5.56 Å². The van der Waals surface area contributed by atoms with Gasteiger partial charge >= 0.3 is 5.97 Å². The molecule has 0 heterocycles. The molecule has 0 aliphatic heterocycles. The van der Waals surface area contributed by atoms with Crippen LogP contribution >= 0.6 is 0 Å². The molecule has 128 valence electrons. The number of benzene rings is 1. The van der Waals surface area contributed by atoms with Crippen LogP contribution in [0.15, 0.2) is 24.3 Å². The summed E-state index contributed by atoms with van der Waals surface area (Å²) >= 11 is 0. The fraction of sp³-hybridized carbons (Fsp3) is 0.579. The van der Waals surface area contributed by atoms with Crippen molar-refractivity contribution in [1.82, 2.24) is 5.32 Å². The van der Waals surface area contributed by atoms with Crippen molar-refractivity contribution in [3.63, 3.8) is 0 Å². The molecule has 1 aromatic rings. The number of carbonyl (C=O) groups is 2. The molecule has 4 heteroatoms. The first-order chi connectivity index (χ1) is 11.0. The number of ketones is 1. The number of nitrogens with one attached hydrogen (secondary N) is 1. The molecule has 4 nitrogen and oxygen atoms in total. The van der Waals surface area contributed by atoms with Gasteiger partial charge in [-0.3, -0.25) is 9.59 Å². The fourth-order valence-corrected chi connectivity index (χ4v) is 2.49. The second kappa shape index (κ2) is 10.2. The first-order valence-corrected chi connectivity index (χ1v) is 8.55. The summed E-state index contributed by atoms with van der Waals surface area (Å²) < 4.78 is 0. The second-order valence-corrected chi connectivity index (χ2v) is 6.31. The molecule has 0 radical (unpaired) electrons. The third-order valence-corrected chi connectivity index (χ3v) is 3.98. The van der Waals surface area contributed by atoms with Crippen LogP contribution in [0.25, 0.3) is 0 Å². The zero-order valence-electron chi connectivity index (χ0n) is 14.5. The van der Waals surface area contributed by atoms with Crippen molar-refractivity contribution >= 4 is 11.8 Å². The monoisotopic (exact) mass is 319 g/mol. The molecule has 23 heavy (non-hydrogen) atoms. The van der Waals surface area contributed by atoms with Gasteiger partial charge in [-0.2, -0.15) is 0 Å². The molecular weight excluding hydrogens is 290 g/mol. The molecule has 1 atom stereocenters. The van der Waals surface area contributed by atoms with E-state index in [-0.39, 0.29) is 12.2 Å². The van der Waals surface area contributed by atoms with E-state index in [1.807, 2.05) is 12.1 Å². The lowest BCUT2D eigenvalue weighted by molar-refractivity contribution is -0.137. The van der Waals surface area contributed by atoms with Crippen LogP contribution in [0.3, 0.4) is 0 Å². The number of hydrogen-bond donors (Lipinski definition) is 2. The molecule has 0 aliphatic carbocycles. The maximum Gasteiger partial charge on any atom is 0.305 e. The predicted octanol–water partition coefficient (Wildman–Crippen LogP) is 4.01. The molecule has 0 saturated heterocycles. The Morgan fingerprint density at radius 3 is 2.26 bits per heavy atom. The Hall–Kier alpha value is -1.68. The molecular formula is C19H29NO3. The van der Waals surface area contributed by atoms with E-state index in [2.05, 4.69) is 26.1 Å². The van der Waals surface area contributed by atoms with Crippen LogP contribution in [-0.4, -0.2) is 29.4 Å². The standard InChI is InChI=1S/C19H29NO3/c1-4-5-6-7-12-20-17(13-18(21)22)19(23)16-10-8-15(9-11-16)14(2)3/h8-11,14,17,20H,4-7,12-13H2,1-3H3,(H,21,22). The summed E-state index contributed by atoms with van der Waals surface area (Å²) in [6.07, 6.45) is 4.19. The molecule has 0 saturated carbocycles. The maximum atomic E-state index is 12.6. The predicted molar refractivity (Wildman–Crippen MR) is 93.0 cm³/mol. The molecule has 1 unspecified atom stereocenters. The Morgan fingerprint density at radius 1 is 1.09 bits per heavy atom. The van der Waals surface area contributed by atoms with Crippen molar-refractivity contribution < 1.29 is 14.7 Å². The van der Waals surface area contributed by atoms with Gasteiger partial charge in [-0.15, -0.1) is 0 Å². The van der Waals surface area contributed by atoms with Crippen LogP contribution < -0.4 is 5.32 Å². The third kappa shape index (κ3) is 6.95. The van der Waals surface area contributed by atoms with E-state index >= 15 is 0 Å². The molecule has 0 aliphatic rings. The normalized spacial score (nSPS) is 12.3. The van der Waals surface area contributed by atoms with E-state index in [4.69, 9.17) is 5.11 Å². The summed E-state index contributed by atoms with van der Waals surface area (Å²) in [7, 11) is 0. The molecule has 1 aromatic carbocycles. The minimum atomic E-state index is -0.955. The zero-order chi connectivity index (χ0) is 17.2. The Kier molecular flexibility index (Phi) is 8.56. The first-order valence-electron chi connectivity index (χ1n) is 8.55. The average Bonchev–Trinajstić information content (AvgIpc) is 2.52. The number of carbonyl (C=O) groups excluding carboxylic acids is 1. The van der Waals surface area contributed by atoms with Crippen LogP contribution in [0.1, 0.15) is 74.7 Å². The average molecular weight is 319 g/mol. The van der Waals surface area contributed by atoms with Crippen molar-refractivity contribution in [2.45, 2.75) is 64.8 Å². The van der Waals surface area contributed by atoms with Crippen molar-refractivity contribution in [1.29, 1.82) is 0 Å². The summed E-state index contributed by atoms with van der Waals surface area (Å²) in [6.45, 7) is 7.02. The van der Waals surface area contributed by atoms with Crippen molar-refractivity contribution in [3.8, 4) is 0 Å². The van der Waals surface area contributed by atoms with Crippen molar-refractivity contribution in [3.05, 3.63) is 35.4 Å². The summed E-state index contributed by atoms with van der Waals surface area (Å²) in [5.41, 5.74) is 1.74. The molecule has 0 aromatic heterocycles. The van der Waals surface area contributed by atoms with Gasteiger partial charge in [0.05, 0.1) is 12.5 Å². The first kappa shape index (κ1) is 19.4. The van der Waals surface area contributed by atoms with Gasteiger partial charge in [-0.1, -0.05) is 64.3 Å². The van der Waals surface area contributed by atoms with E-state index < -0.39 is 12.0 Å². The quantitative estimate of drug-likeness (QED) is 0.478. The highest BCUT2D eigenvalue weighted by molar-refractivity contribution is 6.01. The highest BCUT2D eigenvalue weighted by Crippen LogP contribution is 2.16. The van der Waals surface area contributed by atoms with E-state index in [0.29, 0.717) is 18.0 Å². The van der Waals surface area contributed by atoms with E-state index in [9.17, 15) is 9.59 Å². The van der Waals surface area contributed by atoms with Gasteiger partial charge in [-0.25, -0.2) is 0 Å². The molecule has 0 fully saturated rings. The van der Waals surface area contributed by atoms with Gasteiger partial charge in [0.1, 0.15) is 0 Å². The number of rotatable bonds is 11. The van der Waals surface area contributed by atoms with Crippen molar-refractivity contribution in [2.24, 2.45) is 0 Å². The summed E-state index contributed by atoms with van der Waals surface area (Å²) in [5.74, 6) is -0.688. The van der Waals surface area contributed by atoms with Gasteiger partial charge in [0.15, 0.2) is 5.78 Å². The Balaban J connectivity index is 2.68. The van der Waals surface area contributed by atoms with Gasteiger partial charge in [0.25, 0.3) is 0 Å². The molecule has 0 bridgehead atoms. The Morgan fingerprint density at radius 2 is 1.74 bits per heavy atom. The van der Waals surface area contributed by atoms with E-state index in [1.54, 1.807) is 12.1 Å². The number of Topliss-reactive ketones (excluding diaryl/α,β-unsaturated/α-hetero) is 1. The lowest BCUT2D eigenvalue weighted by Crippen LogP contribution is -2.39. The number of unbranched alkanes of at least 4 members (excludes halogenated alkanes) is 3. The summed E-state index contributed by atoms with van der Waals surface area (Å²) in [5, 5.41) is 12.2. The number of aliphatic carboxylic acids is 1. The highest BCUT2D eigenvalue weighted by Gasteiger charge is 2.22. The van der Waals surface area contributed by atoms with Gasteiger partial charge in [0.2, 0.25) is 0 Å². The van der Waals surface area contributed by atoms with E-state index in [0.717, 1.165) is 25.7 Å². The lowest BCUT2D eigenvalue weighted by Gasteiger charge is -2.16. The van der Waals surface area contributed by atoms with Crippen LogP contribution in [0.2, 0.25) is 0 Å². The summed E-state index contributed by atoms with van der Waals surface area (Å²) in [4.78, 5) is 23.6. The SMILES string of the molecule is CCCCCCNC(CC(=O)O)C(=O)c1ccc(C(C)C)cc1. The maximum absolute atomic E-state index is 12.6. The number of carboxylic acid groups (broad SMARTS) is 1. The minimum absolute atomic E-state index is 0.141. The van der Waals surface area contributed by atoms with Gasteiger partial charge in [0, 0.05) is 5.56 Å². The van der Waals surface area contributed by atoms with Crippen LogP contribution in [0.4, 0.5) is 0 Å². The fourth-order valence-electron chi connectivity index (χ4n) is 2.49. The second-order valence-electron chi connectivity index (χ2n) is 6.31. The zero-order valence-corrected chi connectivity index (χ0v) is 14.5. The molecule has 2 N–H and O–H groups in total. The minimum Gasteiger partial charge on any atom is -0.481 e. The highest BCUT2D eigenvalue weighted by atomic mass is 16.4. The van der Waals surface area contributed by atoms with Crippen LogP contribution in [0, 0.1) is 0 Å². The third-order valence-electron chi connectivity index (χ3n) is 3.98. The smallest absolute Gasteiger partial charge is 0.305 e. The number of carboxylic acids is 1. The van der Waals surface area contributed by atoms with Gasteiger partial charge in [-0.05, 0) is 24.4 Å². The van der Waals surface area contributed by atoms with Crippen LogP contribution in [0.5, 0.6) is 0 Å². The Bertz CT molecular complexity index is 494. The Labute approximate surface area is 139 Å². The lowest BCUT2D eigenvalue weighted by atomic mass is 9.97. The molecule has 0 spiro atoms. The topological polar surface area (TPSA) is 66.4 Å². The van der Waals surface area contributed by atoms with Crippen molar-refractivity contribution in [2.75, 3.05) is 6.54 Å². The summed E-state index contributed by atoms with van der Waals surface area (Å²) in [6, 6.07) is 6.82. The molecule has 0 amide bonds. The molecule has 1 rings (SSSR count). The van der Waals surface area contributed by atoms with Gasteiger partial charge < -0.3 is 10.4 Å². The largest absolute Gasteiger partial charge is 0.481 e. The van der Waals surface area contributed by atoms with Crippen LogP contribution in [-0.2, 0) is 4.79 Å².